The molecule has 1 aromatic carbocycles. The highest BCUT2D eigenvalue weighted by molar-refractivity contribution is 5.63. The molecule has 0 fully saturated rings. The van der Waals surface area contributed by atoms with Crippen molar-refractivity contribution in [3.05, 3.63) is 23.8 Å². The van der Waals surface area contributed by atoms with Crippen LogP contribution in [0.1, 0.15) is 25.3 Å². The molecule has 2 N–H and O–H groups in total. The van der Waals surface area contributed by atoms with E-state index in [0.29, 0.717) is 0 Å². The summed E-state index contributed by atoms with van der Waals surface area (Å²) in [4.78, 5) is 10.3. The van der Waals surface area contributed by atoms with Crippen LogP contribution in [-0.2, 0) is 6.42 Å². The molecule has 4 heteroatoms. The Morgan fingerprint density at radius 2 is 2.20 bits per heavy atom. The molecule has 0 aliphatic carbocycles. The maximum atomic E-state index is 10.3. The molecule has 0 amide bonds. The Kier molecular flexibility index (Phi) is 3.97. The van der Waals surface area contributed by atoms with E-state index in [4.69, 9.17) is 5.11 Å². The summed E-state index contributed by atoms with van der Waals surface area (Å²) in [7, 11) is 0. The van der Waals surface area contributed by atoms with E-state index in [1.54, 1.807) is 12.1 Å². The van der Waals surface area contributed by atoms with Gasteiger partial charge in [0.1, 0.15) is 0 Å². The van der Waals surface area contributed by atoms with Gasteiger partial charge >= 0.3 is 6.16 Å². The van der Waals surface area contributed by atoms with Crippen LogP contribution in [0.15, 0.2) is 18.2 Å². The van der Waals surface area contributed by atoms with Crippen molar-refractivity contribution in [1.82, 2.24) is 0 Å². The summed E-state index contributed by atoms with van der Waals surface area (Å²) in [6, 6.07) is 4.86. The van der Waals surface area contributed by atoms with Gasteiger partial charge in [-0.05, 0) is 24.5 Å². The second-order valence-electron chi connectivity index (χ2n) is 3.24. The molecule has 15 heavy (non-hydrogen) atoms. The number of para-hydroxylation sites is 1. The van der Waals surface area contributed by atoms with Crippen LogP contribution in [0.5, 0.6) is 11.5 Å². The number of hydrogen-bond donors (Lipinski definition) is 2. The molecule has 1 rings (SSSR count). The molecule has 82 valence electrons. The highest BCUT2D eigenvalue weighted by Gasteiger charge is 2.10. The number of carbonyl (C=O) groups is 1. The van der Waals surface area contributed by atoms with E-state index in [1.165, 1.54) is 6.07 Å². The fourth-order valence-electron chi connectivity index (χ4n) is 1.31. The second kappa shape index (κ2) is 5.24. The van der Waals surface area contributed by atoms with E-state index >= 15 is 0 Å². The van der Waals surface area contributed by atoms with Crippen molar-refractivity contribution in [3.63, 3.8) is 0 Å². The molecule has 1 aromatic rings. The molecule has 0 unspecified atom stereocenters. The lowest BCUT2D eigenvalue weighted by Gasteiger charge is -2.07. The predicted molar refractivity (Wildman–Crippen MR) is 55.4 cm³/mol. The van der Waals surface area contributed by atoms with Crippen molar-refractivity contribution in [2.45, 2.75) is 26.2 Å². The van der Waals surface area contributed by atoms with E-state index in [-0.39, 0.29) is 11.5 Å². The topological polar surface area (TPSA) is 66.8 Å². The lowest BCUT2D eigenvalue weighted by atomic mass is 10.1. The van der Waals surface area contributed by atoms with E-state index in [9.17, 15) is 9.90 Å². The Morgan fingerprint density at radius 1 is 1.47 bits per heavy atom. The van der Waals surface area contributed by atoms with Gasteiger partial charge in [0.2, 0.25) is 0 Å². The zero-order valence-corrected chi connectivity index (χ0v) is 8.56. The van der Waals surface area contributed by atoms with Crippen molar-refractivity contribution >= 4 is 6.16 Å². The number of hydrogen-bond acceptors (Lipinski definition) is 3. The number of aromatic hydroxyl groups is 1. The van der Waals surface area contributed by atoms with Gasteiger partial charge in [-0.15, -0.1) is 0 Å². The minimum absolute atomic E-state index is 0.00361. The fraction of sp³-hybridized carbons (Fsp3) is 0.364. The first kappa shape index (κ1) is 11.4. The first-order valence-electron chi connectivity index (χ1n) is 4.86. The van der Waals surface area contributed by atoms with Gasteiger partial charge in [-0.2, -0.15) is 0 Å². The summed E-state index contributed by atoms with van der Waals surface area (Å²) in [5.74, 6) is -0.0792. The van der Waals surface area contributed by atoms with E-state index in [0.717, 1.165) is 24.8 Å². The third-order valence-electron chi connectivity index (χ3n) is 2.08. The quantitative estimate of drug-likeness (QED) is 0.592. The lowest BCUT2D eigenvalue weighted by molar-refractivity contribution is 0.143. The summed E-state index contributed by atoms with van der Waals surface area (Å²) in [6.45, 7) is 2.05. The molecule has 0 heterocycles. The van der Waals surface area contributed by atoms with Crippen molar-refractivity contribution in [2.24, 2.45) is 0 Å². The van der Waals surface area contributed by atoms with Crippen molar-refractivity contribution in [3.8, 4) is 11.5 Å². The predicted octanol–water partition coefficient (Wildman–Crippen LogP) is 2.79. The summed E-state index contributed by atoms with van der Waals surface area (Å²) in [5, 5.41) is 18.1. The average molecular weight is 210 g/mol. The molecule has 0 saturated heterocycles. The largest absolute Gasteiger partial charge is 0.511 e. The van der Waals surface area contributed by atoms with Crippen molar-refractivity contribution in [2.75, 3.05) is 0 Å². The first-order valence-corrected chi connectivity index (χ1v) is 4.86. The van der Waals surface area contributed by atoms with Crippen molar-refractivity contribution < 1.29 is 19.7 Å². The average Bonchev–Trinajstić information content (AvgIpc) is 2.19. The molecule has 0 spiro atoms. The molecular weight excluding hydrogens is 196 g/mol. The number of unbranched alkanes of at least 4 members (excludes halogenated alkanes) is 1. The summed E-state index contributed by atoms with van der Waals surface area (Å²) < 4.78 is 4.43. The Hall–Kier alpha value is -1.71. The molecule has 0 aliphatic rings. The van der Waals surface area contributed by atoms with Gasteiger partial charge in [-0.1, -0.05) is 25.5 Å². The normalized spacial score (nSPS) is 9.93. The van der Waals surface area contributed by atoms with E-state index in [1.807, 2.05) is 0 Å². The zero-order chi connectivity index (χ0) is 11.3. The van der Waals surface area contributed by atoms with Gasteiger partial charge in [-0.3, -0.25) is 0 Å². The first-order chi connectivity index (χ1) is 7.15. The van der Waals surface area contributed by atoms with Gasteiger partial charge < -0.3 is 14.9 Å². The van der Waals surface area contributed by atoms with E-state index in [2.05, 4.69) is 11.7 Å². The third-order valence-corrected chi connectivity index (χ3v) is 2.08. The molecule has 0 radical (unpaired) electrons. The van der Waals surface area contributed by atoms with Crippen LogP contribution in [0.3, 0.4) is 0 Å². The maximum absolute atomic E-state index is 10.3. The van der Waals surface area contributed by atoms with Crippen LogP contribution in [0.25, 0.3) is 0 Å². The second-order valence-corrected chi connectivity index (χ2v) is 3.24. The van der Waals surface area contributed by atoms with Crippen LogP contribution in [-0.4, -0.2) is 16.4 Å². The summed E-state index contributed by atoms with van der Waals surface area (Å²) in [5.41, 5.74) is 0.718. The van der Waals surface area contributed by atoms with Crippen LogP contribution >= 0.6 is 0 Å². The monoisotopic (exact) mass is 210 g/mol. The molecule has 0 aromatic heterocycles. The number of phenolic OH excluding ortho intramolecular Hbond substituents is 1. The Bertz CT molecular complexity index is 346. The molecule has 0 atom stereocenters. The maximum Gasteiger partial charge on any atom is 0.511 e. The van der Waals surface area contributed by atoms with Gasteiger partial charge in [0.25, 0.3) is 0 Å². The van der Waals surface area contributed by atoms with Crippen LogP contribution in [0.2, 0.25) is 0 Å². The lowest BCUT2D eigenvalue weighted by Crippen LogP contribution is -2.03. The molecular formula is C11H14O4. The smallest absolute Gasteiger partial charge is 0.504 e. The van der Waals surface area contributed by atoms with E-state index < -0.39 is 6.16 Å². The minimum atomic E-state index is -1.42. The minimum Gasteiger partial charge on any atom is -0.504 e. The number of carboxylic acid groups (broad SMARTS) is 1. The molecule has 0 aliphatic heterocycles. The Morgan fingerprint density at radius 3 is 2.80 bits per heavy atom. The number of benzene rings is 1. The highest BCUT2D eigenvalue weighted by atomic mass is 16.7. The number of ether oxygens (including phenoxy) is 1. The van der Waals surface area contributed by atoms with Crippen molar-refractivity contribution in [1.29, 1.82) is 0 Å². The third kappa shape index (κ3) is 3.16. The summed E-state index contributed by atoms with van der Waals surface area (Å²) in [6.07, 6.45) is 1.27. The number of rotatable bonds is 4. The Labute approximate surface area is 88.1 Å². The molecule has 0 saturated carbocycles. The van der Waals surface area contributed by atoms with Gasteiger partial charge in [0, 0.05) is 0 Å². The Balaban J connectivity index is 2.85. The SMILES string of the molecule is CCCCc1cccc(OC(=O)O)c1O. The number of aryl methyl sites for hydroxylation is 1. The zero-order valence-electron chi connectivity index (χ0n) is 8.56. The summed E-state index contributed by atoms with van der Waals surface area (Å²) >= 11 is 0. The van der Waals surface area contributed by atoms with Crippen LogP contribution in [0.4, 0.5) is 4.79 Å². The molecule has 4 nitrogen and oxygen atoms in total. The van der Waals surface area contributed by atoms with Crippen LogP contribution in [0, 0.1) is 0 Å². The standard InChI is InChI=1S/C11H14O4/c1-2-3-5-8-6-4-7-9(10(8)12)15-11(13)14/h4,6-7,12H,2-3,5H2,1H3,(H,13,14). The van der Waals surface area contributed by atoms with Gasteiger partial charge in [-0.25, -0.2) is 4.79 Å². The number of phenols is 1. The van der Waals surface area contributed by atoms with Gasteiger partial charge in [0.05, 0.1) is 0 Å². The van der Waals surface area contributed by atoms with Gasteiger partial charge in [0.15, 0.2) is 11.5 Å². The molecule has 0 bridgehead atoms. The fourth-order valence-corrected chi connectivity index (χ4v) is 1.31. The van der Waals surface area contributed by atoms with Crippen LogP contribution < -0.4 is 4.74 Å². The highest BCUT2D eigenvalue weighted by Crippen LogP contribution is 2.30.